The number of aromatic nitrogens is 1. The van der Waals surface area contributed by atoms with E-state index in [1.165, 1.54) is 5.56 Å². The topological polar surface area (TPSA) is 55.1 Å². The van der Waals surface area contributed by atoms with E-state index in [1.807, 2.05) is 24.0 Å². The highest BCUT2D eigenvalue weighted by molar-refractivity contribution is 5.94. The third-order valence-electron chi connectivity index (χ3n) is 8.67. The molecule has 200 valence electrons. The summed E-state index contributed by atoms with van der Waals surface area (Å²) in [5, 5.41) is 1.14. The zero-order chi connectivity index (χ0) is 26.4. The van der Waals surface area contributed by atoms with Crippen LogP contribution in [0.3, 0.4) is 0 Å². The van der Waals surface area contributed by atoms with Gasteiger partial charge in [-0.25, -0.2) is 0 Å². The Balaban J connectivity index is 1.34. The molecule has 2 saturated heterocycles. The molecule has 1 aromatic heterocycles. The summed E-state index contributed by atoms with van der Waals surface area (Å²) in [6.45, 7) is 15.3. The summed E-state index contributed by atoms with van der Waals surface area (Å²) >= 11 is 0. The Kier molecular flexibility index (Phi) is 6.44. The predicted octanol–water partition coefficient (Wildman–Crippen LogP) is 4.22. The minimum atomic E-state index is -0.699. The van der Waals surface area contributed by atoms with Gasteiger partial charge in [0.2, 0.25) is 0 Å². The number of piperazine rings is 1. The zero-order valence-corrected chi connectivity index (χ0v) is 22.9. The minimum absolute atomic E-state index is 0.119. The van der Waals surface area contributed by atoms with Crippen molar-refractivity contribution >= 4 is 16.8 Å². The van der Waals surface area contributed by atoms with E-state index in [-0.39, 0.29) is 11.9 Å². The molecule has 0 aliphatic carbocycles. The van der Waals surface area contributed by atoms with Gasteiger partial charge in [-0.2, -0.15) is 0 Å². The number of H-pyrrole nitrogens is 1. The van der Waals surface area contributed by atoms with Gasteiger partial charge in [0.1, 0.15) is 17.1 Å². The van der Waals surface area contributed by atoms with Crippen molar-refractivity contribution in [3.8, 4) is 5.75 Å². The molecule has 3 aliphatic rings. The molecule has 3 aromatic rings. The third kappa shape index (κ3) is 4.09. The molecule has 1 N–H and O–H groups in total. The van der Waals surface area contributed by atoms with Gasteiger partial charge < -0.3 is 24.4 Å². The monoisotopic (exact) mass is 513 g/mol. The second kappa shape index (κ2) is 9.79. The van der Waals surface area contributed by atoms with Crippen LogP contribution in [0.2, 0.25) is 0 Å². The molecule has 2 aromatic carbocycles. The van der Waals surface area contributed by atoms with Crippen molar-refractivity contribution < 1.29 is 9.53 Å². The largest absolute Gasteiger partial charge is 0.494 e. The molecular formula is C31H39N5O2. The van der Waals surface area contributed by atoms with Crippen LogP contribution in [0.4, 0.5) is 0 Å². The Morgan fingerprint density at radius 2 is 1.84 bits per heavy atom. The number of carbonyl (C=O) groups excluding carboxylic acids is 1. The maximum absolute atomic E-state index is 14.2. The number of fused-ring (bicyclic) bond motifs is 4. The van der Waals surface area contributed by atoms with Gasteiger partial charge in [-0.1, -0.05) is 36.9 Å². The van der Waals surface area contributed by atoms with Crippen LogP contribution in [0.15, 0.2) is 60.9 Å². The number of aromatic amines is 1. The smallest absolute Gasteiger partial charge is 0.254 e. The van der Waals surface area contributed by atoms with Gasteiger partial charge in [-0.3, -0.25) is 9.69 Å². The molecule has 2 atom stereocenters. The first kappa shape index (κ1) is 25.0. The zero-order valence-electron chi connectivity index (χ0n) is 22.9. The van der Waals surface area contributed by atoms with Crippen LogP contribution in [0.5, 0.6) is 5.75 Å². The second-order valence-electron chi connectivity index (χ2n) is 11.2. The first-order chi connectivity index (χ1) is 18.4. The average Bonchev–Trinajstić information content (AvgIpc) is 3.36. The lowest BCUT2D eigenvalue weighted by atomic mass is 9.81. The molecule has 3 aliphatic heterocycles. The number of nitrogens with one attached hydrogen (secondary N) is 1. The number of rotatable bonds is 7. The summed E-state index contributed by atoms with van der Waals surface area (Å²) in [6, 6.07) is 16.6. The molecule has 0 radical (unpaired) electrons. The lowest BCUT2D eigenvalue weighted by Gasteiger charge is -2.44. The fourth-order valence-electron chi connectivity index (χ4n) is 6.63. The Morgan fingerprint density at radius 1 is 1.08 bits per heavy atom. The maximum Gasteiger partial charge on any atom is 0.254 e. The number of hydrogen-bond acceptors (Lipinski definition) is 5. The molecule has 0 spiro atoms. The van der Waals surface area contributed by atoms with Crippen LogP contribution < -0.4 is 4.74 Å². The average molecular weight is 514 g/mol. The Bertz CT molecular complexity index is 1340. The summed E-state index contributed by atoms with van der Waals surface area (Å²) in [4.78, 5) is 27.0. The molecule has 38 heavy (non-hydrogen) atoms. The van der Waals surface area contributed by atoms with E-state index in [1.54, 1.807) is 0 Å². The number of carbonyl (C=O) groups is 1. The van der Waals surface area contributed by atoms with Crippen molar-refractivity contribution in [2.45, 2.75) is 38.3 Å². The SMILES string of the molecule is C=C1N(CCCN2CCN(C)CC2)C(=O)[C@]2(C)Cc3c([nH]c4ccc(OCC)cc34)[C@@H](c3ccccc3)N12. The van der Waals surface area contributed by atoms with E-state index in [4.69, 9.17) is 4.74 Å². The Labute approximate surface area is 225 Å². The normalized spacial score (nSPS) is 24.2. The number of likely N-dealkylation sites (N-methyl/N-ethyl adjacent to an activating group) is 1. The number of amides is 1. The molecule has 4 heterocycles. The van der Waals surface area contributed by atoms with Gasteiger partial charge in [-0.15, -0.1) is 0 Å². The molecule has 0 bridgehead atoms. The maximum atomic E-state index is 14.2. The number of benzene rings is 2. The van der Waals surface area contributed by atoms with Crippen molar-refractivity contribution in [3.05, 3.63) is 77.8 Å². The van der Waals surface area contributed by atoms with Crippen LogP contribution in [-0.4, -0.2) is 89.0 Å². The van der Waals surface area contributed by atoms with Crippen LogP contribution >= 0.6 is 0 Å². The van der Waals surface area contributed by atoms with E-state index >= 15 is 0 Å². The molecule has 0 saturated carbocycles. The van der Waals surface area contributed by atoms with Crippen molar-refractivity contribution in [2.75, 3.05) is 52.9 Å². The van der Waals surface area contributed by atoms with E-state index in [2.05, 4.69) is 76.6 Å². The van der Waals surface area contributed by atoms with Gasteiger partial charge >= 0.3 is 0 Å². The highest BCUT2D eigenvalue weighted by atomic mass is 16.5. The van der Waals surface area contributed by atoms with Crippen molar-refractivity contribution in [3.63, 3.8) is 0 Å². The molecule has 7 heteroatoms. The third-order valence-corrected chi connectivity index (χ3v) is 8.67. The Morgan fingerprint density at radius 3 is 2.58 bits per heavy atom. The molecule has 0 unspecified atom stereocenters. The number of nitrogens with zero attached hydrogens (tertiary/aromatic N) is 4. The summed E-state index contributed by atoms with van der Waals surface area (Å²) in [7, 11) is 2.18. The van der Waals surface area contributed by atoms with E-state index < -0.39 is 5.54 Å². The van der Waals surface area contributed by atoms with Crippen molar-refractivity contribution in [1.29, 1.82) is 0 Å². The number of hydrogen-bond donors (Lipinski definition) is 1. The van der Waals surface area contributed by atoms with Crippen molar-refractivity contribution in [2.24, 2.45) is 0 Å². The van der Waals surface area contributed by atoms with Crippen LogP contribution in [0.1, 0.15) is 43.1 Å². The lowest BCUT2D eigenvalue weighted by Crippen LogP contribution is -2.52. The highest BCUT2D eigenvalue weighted by Crippen LogP contribution is 2.51. The van der Waals surface area contributed by atoms with Gasteiger partial charge in [0, 0.05) is 55.7 Å². The summed E-state index contributed by atoms with van der Waals surface area (Å²) < 4.78 is 5.83. The lowest BCUT2D eigenvalue weighted by molar-refractivity contribution is -0.133. The molecule has 7 nitrogen and oxygen atoms in total. The van der Waals surface area contributed by atoms with Gasteiger partial charge in [0.15, 0.2) is 0 Å². The summed E-state index contributed by atoms with van der Waals surface area (Å²) in [5.74, 6) is 1.82. The van der Waals surface area contributed by atoms with Crippen molar-refractivity contribution in [1.82, 2.24) is 24.6 Å². The van der Waals surface area contributed by atoms with Crippen LogP contribution in [0.25, 0.3) is 10.9 Å². The highest BCUT2D eigenvalue weighted by Gasteiger charge is 2.57. The molecule has 2 fully saturated rings. The molecular weight excluding hydrogens is 474 g/mol. The first-order valence-electron chi connectivity index (χ1n) is 13.9. The summed E-state index contributed by atoms with van der Waals surface area (Å²) in [5.41, 5.74) is 3.88. The fourth-order valence-corrected chi connectivity index (χ4v) is 6.63. The number of ether oxygens (including phenoxy) is 1. The quantitative estimate of drug-likeness (QED) is 0.513. The van der Waals surface area contributed by atoms with E-state index in [0.717, 1.165) is 72.9 Å². The second-order valence-corrected chi connectivity index (χ2v) is 11.2. The minimum Gasteiger partial charge on any atom is -0.494 e. The summed E-state index contributed by atoms with van der Waals surface area (Å²) in [6.07, 6.45) is 1.58. The fraction of sp³-hybridized carbons (Fsp3) is 0.452. The van der Waals surface area contributed by atoms with E-state index in [9.17, 15) is 4.79 Å². The van der Waals surface area contributed by atoms with Gasteiger partial charge in [-0.05, 0) is 63.2 Å². The first-order valence-corrected chi connectivity index (χ1v) is 13.9. The predicted molar refractivity (Wildman–Crippen MR) is 151 cm³/mol. The standard InChI is InChI=1S/C31H39N5O2/c1-5-38-24-12-13-27-25(20-24)26-21-31(3)30(37)35(15-9-14-34-18-16-33(4)17-19-34)22(2)36(31)29(28(26)32-27)23-10-7-6-8-11-23/h6-8,10-13,20,29,32H,2,5,9,14-19,21H2,1,3-4H3/t29-,31+/m1/s1. The van der Waals surface area contributed by atoms with Gasteiger partial charge in [0.05, 0.1) is 12.6 Å². The Hall–Kier alpha value is -3.29. The van der Waals surface area contributed by atoms with Crippen LogP contribution in [-0.2, 0) is 11.2 Å². The molecule has 1 amide bonds. The van der Waals surface area contributed by atoms with Gasteiger partial charge in [0.25, 0.3) is 5.91 Å². The molecule has 6 rings (SSSR count). The van der Waals surface area contributed by atoms with E-state index in [0.29, 0.717) is 19.6 Å². The van der Waals surface area contributed by atoms with Crippen LogP contribution in [0, 0.1) is 0 Å².